The Morgan fingerprint density at radius 3 is 2.53 bits per heavy atom. The van der Waals surface area contributed by atoms with Gasteiger partial charge in [0, 0.05) is 17.0 Å². The zero-order valence-corrected chi connectivity index (χ0v) is 8.48. The smallest absolute Gasteiger partial charge is 0.167 e. The third-order valence-electron chi connectivity index (χ3n) is 2.39. The Morgan fingerprint density at radius 2 is 1.87 bits per heavy atom. The monoisotopic (exact) mass is 205 g/mol. The van der Waals surface area contributed by atoms with Gasteiger partial charge in [-0.3, -0.25) is 4.98 Å². The van der Waals surface area contributed by atoms with Crippen LogP contribution in [0.1, 0.15) is 5.69 Å². The van der Waals surface area contributed by atoms with E-state index < -0.39 is 0 Å². The predicted octanol–water partition coefficient (Wildman–Crippen LogP) is 1.96. The number of hydrogen-bond acceptors (Lipinski definition) is 4. The normalized spacial score (nSPS) is 10.5. The van der Waals surface area contributed by atoms with E-state index in [1.165, 1.54) is 13.3 Å². The lowest BCUT2D eigenvalue weighted by Crippen LogP contribution is -1.88. The molecular weight excluding hydrogens is 194 g/mol. The number of phenolic OH excluding ortho intramolecular Hbond substituents is 1. The number of rotatable bonds is 1. The first kappa shape index (κ1) is 9.58. The van der Waals surface area contributed by atoms with Crippen molar-refractivity contribution >= 4 is 10.8 Å². The van der Waals surface area contributed by atoms with Crippen LogP contribution >= 0.6 is 0 Å². The maximum absolute atomic E-state index is 9.79. The summed E-state index contributed by atoms with van der Waals surface area (Å²) in [6.45, 7) is 1.70. The maximum atomic E-state index is 9.79. The molecule has 0 fully saturated rings. The minimum absolute atomic E-state index is 0.00204. The summed E-state index contributed by atoms with van der Waals surface area (Å²) in [4.78, 5) is 3.98. The van der Waals surface area contributed by atoms with Gasteiger partial charge in [0.25, 0.3) is 0 Å². The Bertz CT molecular complexity index is 523. The zero-order valence-electron chi connectivity index (χ0n) is 8.48. The fourth-order valence-electron chi connectivity index (χ4n) is 1.51. The number of methoxy groups -OCH3 is 1. The number of phenols is 1. The first-order valence-electron chi connectivity index (χ1n) is 4.49. The van der Waals surface area contributed by atoms with E-state index >= 15 is 0 Å². The van der Waals surface area contributed by atoms with E-state index in [0.29, 0.717) is 22.2 Å². The van der Waals surface area contributed by atoms with Gasteiger partial charge in [-0.15, -0.1) is 0 Å². The van der Waals surface area contributed by atoms with E-state index in [2.05, 4.69) is 4.98 Å². The van der Waals surface area contributed by atoms with E-state index in [1.807, 2.05) is 0 Å². The van der Waals surface area contributed by atoms with Gasteiger partial charge in [0.05, 0.1) is 12.8 Å². The van der Waals surface area contributed by atoms with E-state index in [0.717, 1.165) is 0 Å². The lowest BCUT2D eigenvalue weighted by atomic mass is 10.1. The molecular formula is C11H11NO3. The van der Waals surface area contributed by atoms with Crippen LogP contribution in [0.4, 0.5) is 0 Å². The molecule has 2 aromatic rings. The highest BCUT2D eigenvalue weighted by Crippen LogP contribution is 2.37. The van der Waals surface area contributed by atoms with Crippen molar-refractivity contribution in [3.05, 3.63) is 24.0 Å². The lowest BCUT2D eigenvalue weighted by Gasteiger charge is -2.08. The molecule has 15 heavy (non-hydrogen) atoms. The molecule has 0 unspecified atom stereocenters. The summed E-state index contributed by atoms with van der Waals surface area (Å²) in [5.74, 6) is 0.454. The van der Waals surface area contributed by atoms with Gasteiger partial charge < -0.3 is 14.9 Å². The molecule has 0 aliphatic heterocycles. The molecule has 78 valence electrons. The second kappa shape index (κ2) is 3.31. The number of ether oxygens (including phenoxy) is 1. The molecule has 0 saturated heterocycles. The van der Waals surface area contributed by atoms with Gasteiger partial charge in [0.2, 0.25) is 0 Å². The van der Waals surface area contributed by atoms with Gasteiger partial charge >= 0.3 is 0 Å². The van der Waals surface area contributed by atoms with Gasteiger partial charge in [0.1, 0.15) is 5.75 Å². The van der Waals surface area contributed by atoms with Gasteiger partial charge in [-0.05, 0) is 19.1 Å². The molecule has 1 aromatic heterocycles. The summed E-state index contributed by atoms with van der Waals surface area (Å²) in [7, 11) is 1.47. The number of aryl methyl sites for hydroxylation is 1. The largest absolute Gasteiger partial charge is 0.505 e. The van der Waals surface area contributed by atoms with Crippen LogP contribution in [0.25, 0.3) is 10.8 Å². The number of benzene rings is 1. The Kier molecular flexibility index (Phi) is 2.11. The number of fused-ring (bicyclic) bond motifs is 1. The predicted molar refractivity (Wildman–Crippen MR) is 56.4 cm³/mol. The van der Waals surface area contributed by atoms with Crippen molar-refractivity contribution in [3.63, 3.8) is 0 Å². The van der Waals surface area contributed by atoms with Crippen LogP contribution in [0, 0.1) is 6.92 Å². The zero-order chi connectivity index (χ0) is 11.0. The summed E-state index contributed by atoms with van der Waals surface area (Å²) in [5, 5.41) is 20.6. The van der Waals surface area contributed by atoms with Crippen molar-refractivity contribution in [2.45, 2.75) is 6.92 Å². The highest BCUT2D eigenvalue weighted by atomic mass is 16.5. The van der Waals surface area contributed by atoms with Gasteiger partial charge in [-0.1, -0.05) is 0 Å². The van der Waals surface area contributed by atoms with Crippen molar-refractivity contribution < 1.29 is 14.9 Å². The topological polar surface area (TPSA) is 62.6 Å². The molecule has 0 radical (unpaired) electrons. The molecule has 2 N–H and O–H groups in total. The van der Waals surface area contributed by atoms with Gasteiger partial charge in [-0.2, -0.15) is 0 Å². The van der Waals surface area contributed by atoms with Crippen LogP contribution in [-0.2, 0) is 0 Å². The van der Waals surface area contributed by atoms with Crippen LogP contribution in [0.3, 0.4) is 0 Å². The molecule has 1 heterocycles. The van der Waals surface area contributed by atoms with E-state index in [4.69, 9.17) is 4.74 Å². The lowest BCUT2D eigenvalue weighted by molar-refractivity contribution is 0.376. The SMILES string of the molecule is COc1ccc2c(O)c(C)ncc2c1O. The Balaban J connectivity index is 2.85. The molecule has 4 nitrogen and oxygen atoms in total. The quantitative estimate of drug-likeness (QED) is 0.747. The average molecular weight is 205 g/mol. The van der Waals surface area contributed by atoms with Crippen LogP contribution < -0.4 is 4.74 Å². The molecule has 2 rings (SSSR count). The Labute approximate surface area is 86.8 Å². The second-order valence-corrected chi connectivity index (χ2v) is 3.27. The van der Waals surface area contributed by atoms with Crippen LogP contribution in [0.2, 0.25) is 0 Å². The summed E-state index contributed by atoms with van der Waals surface area (Å²) >= 11 is 0. The minimum Gasteiger partial charge on any atom is -0.505 e. The molecule has 0 saturated carbocycles. The van der Waals surface area contributed by atoms with Gasteiger partial charge in [-0.25, -0.2) is 0 Å². The third kappa shape index (κ3) is 1.34. The summed E-state index contributed by atoms with van der Waals surface area (Å²) < 4.78 is 4.96. The Hall–Kier alpha value is -1.97. The van der Waals surface area contributed by atoms with Gasteiger partial charge in [0.15, 0.2) is 11.5 Å². The fourth-order valence-corrected chi connectivity index (χ4v) is 1.51. The van der Waals surface area contributed by atoms with Crippen LogP contribution in [0.15, 0.2) is 18.3 Å². The van der Waals surface area contributed by atoms with Crippen LogP contribution in [-0.4, -0.2) is 22.3 Å². The standard InChI is InChI=1S/C11H11NO3/c1-6-10(13)7-3-4-9(15-2)11(14)8(7)5-12-6/h3-5,13-14H,1-2H3. The average Bonchev–Trinajstić information content (AvgIpc) is 2.24. The first-order chi connectivity index (χ1) is 7.15. The highest BCUT2D eigenvalue weighted by molar-refractivity contribution is 5.94. The number of aromatic hydroxyl groups is 2. The molecule has 0 amide bonds. The number of pyridine rings is 1. The highest BCUT2D eigenvalue weighted by Gasteiger charge is 2.11. The van der Waals surface area contributed by atoms with E-state index in [1.54, 1.807) is 19.1 Å². The molecule has 0 aliphatic carbocycles. The van der Waals surface area contributed by atoms with E-state index in [9.17, 15) is 10.2 Å². The second-order valence-electron chi connectivity index (χ2n) is 3.27. The van der Waals surface area contributed by atoms with Crippen LogP contribution in [0.5, 0.6) is 17.2 Å². The van der Waals surface area contributed by atoms with Crippen molar-refractivity contribution in [2.24, 2.45) is 0 Å². The van der Waals surface area contributed by atoms with E-state index in [-0.39, 0.29) is 11.5 Å². The maximum Gasteiger partial charge on any atom is 0.167 e. The molecule has 1 aromatic carbocycles. The van der Waals surface area contributed by atoms with Crippen molar-refractivity contribution in [1.82, 2.24) is 4.98 Å². The molecule has 4 heteroatoms. The first-order valence-corrected chi connectivity index (χ1v) is 4.49. The number of aromatic nitrogens is 1. The summed E-state index contributed by atoms with van der Waals surface area (Å²) in [6, 6.07) is 3.30. The number of nitrogens with zero attached hydrogens (tertiary/aromatic N) is 1. The fraction of sp³-hybridized carbons (Fsp3) is 0.182. The summed E-state index contributed by atoms with van der Waals surface area (Å²) in [5.41, 5.74) is 0.534. The molecule has 0 atom stereocenters. The molecule has 0 spiro atoms. The third-order valence-corrected chi connectivity index (χ3v) is 2.39. The molecule has 0 aliphatic rings. The number of hydrogen-bond donors (Lipinski definition) is 2. The molecule has 0 bridgehead atoms. The Morgan fingerprint density at radius 1 is 1.13 bits per heavy atom. The minimum atomic E-state index is -0.00204. The van der Waals surface area contributed by atoms with Crippen molar-refractivity contribution in [3.8, 4) is 17.2 Å². The summed E-state index contributed by atoms with van der Waals surface area (Å²) in [6.07, 6.45) is 1.52. The van der Waals surface area contributed by atoms with Crippen molar-refractivity contribution in [1.29, 1.82) is 0 Å². The van der Waals surface area contributed by atoms with Crippen molar-refractivity contribution in [2.75, 3.05) is 7.11 Å².